The molecule has 0 N–H and O–H groups in total. The van der Waals surface area contributed by atoms with Gasteiger partial charge in [-0.05, 0) is 80.1 Å². The molecule has 16 heteroatoms. The van der Waals surface area contributed by atoms with Crippen molar-refractivity contribution >= 4 is 73.2 Å². The number of imidazole rings is 2. The Morgan fingerprint density at radius 3 is 1.64 bits per heavy atom. The maximum Gasteiger partial charge on any atom is 0.471 e. The molecule has 6 rings (SSSR count). The van der Waals surface area contributed by atoms with Gasteiger partial charge in [-0.15, -0.1) is 24.0 Å². The number of hydrogen-bond acceptors (Lipinski definition) is 5. The molecule has 9 nitrogen and oxygen atoms in total. The summed E-state index contributed by atoms with van der Waals surface area (Å²) in [5, 5.41) is 0. The molecule has 2 aromatic heterocycles. The van der Waals surface area contributed by atoms with Gasteiger partial charge in [0.1, 0.15) is 5.60 Å². The molecule has 2 aliphatic rings. The fraction of sp³-hybridized carbons (Fsp3) is 0.355. The zero-order valence-electron chi connectivity index (χ0n) is 25.8. The van der Waals surface area contributed by atoms with E-state index in [0.29, 0.717) is 32.8 Å². The summed E-state index contributed by atoms with van der Waals surface area (Å²) in [4.78, 5) is 34.2. The summed E-state index contributed by atoms with van der Waals surface area (Å²) in [5.74, 6) is -1.78. The number of carbonyl (C=O) groups is 2. The normalized spacial score (nSPS) is 14.0. The third-order valence-electron chi connectivity index (χ3n) is 7.19. The van der Waals surface area contributed by atoms with Crippen molar-refractivity contribution in [3.05, 3.63) is 96.1 Å². The third-order valence-corrected chi connectivity index (χ3v) is 7.19. The molecule has 0 atom stereocenters. The Kier molecular flexibility index (Phi) is 15.1. The van der Waals surface area contributed by atoms with E-state index in [0.717, 1.165) is 33.8 Å². The largest absolute Gasteiger partial charge is 0.471 e. The Morgan fingerprint density at radius 2 is 1.23 bits per heavy atom. The first-order valence-electron chi connectivity index (χ1n) is 14.2. The van der Waals surface area contributed by atoms with Crippen molar-refractivity contribution in [1.29, 1.82) is 0 Å². The van der Waals surface area contributed by atoms with Gasteiger partial charge in [-0.1, -0.05) is 12.1 Å². The number of hydrogen-bond donors (Lipinski definition) is 0. The summed E-state index contributed by atoms with van der Waals surface area (Å²) < 4.78 is 46.7. The second kappa shape index (κ2) is 17.8. The van der Waals surface area contributed by atoms with Gasteiger partial charge in [-0.3, -0.25) is 4.79 Å². The van der Waals surface area contributed by atoms with Gasteiger partial charge < -0.3 is 23.7 Å². The first kappa shape index (κ1) is 39.7. The molecule has 256 valence electrons. The molecule has 0 spiro atoms. The molecule has 2 aromatic carbocycles. The first-order chi connectivity index (χ1) is 21.8. The number of halogens is 7. The Labute approximate surface area is 318 Å². The molecule has 0 fully saturated rings. The molecule has 2 aliphatic heterocycles. The smallest absolute Gasteiger partial charge is 0.330 e. The molecule has 0 saturated carbocycles. The van der Waals surface area contributed by atoms with E-state index in [4.69, 9.17) is 4.74 Å². The summed E-state index contributed by atoms with van der Waals surface area (Å²) in [6.45, 7) is 7.03. The topological polar surface area (TPSA) is 85.5 Å². The molecule has 4 aromatic rings. The minimum absolute atomic E-state index is 0. The number of rotatable bonds is 2. The van der Waals surface area contributed by atoms with Crippen LogP contribution in [0.5, 0.6) is 0 Å². The summed E-state index contributed by atoms with van der Waals surface area (Å²) in [7, 11) is 0. The van der Waals surface area contributed by atoms with Crippen molar-refractivity contribution in [2.45, 2.75) is 58.5 Å². The van der Waals surface area contributed by atoms with Crippen LogP contribution in [0.2, 0.25) is 0 Å². The van der Waals surface area contributed by atoms with Crippen molar-refractivity contribution in [2.75, 3.05) is 13.1 Å². The van der Waals surface area contributed by atoms with Gasteiger partial charge in [0.25, 0.3) is 0 Å². The van der Waals surface area contributed by atoms with Gasteiger partial charge >= 0.3 is 68.7 Å². The number of carbonyl (C=O) groups excluding carboxylic acids is 2. The molecular weight excluding hydrogens is 1070 g/mol. The van der Waals surface area contributed by atoms with Gasteiger partial charge in [-0.25, -0.2) is 14.8 Å². The van der Waals surface area contributed by atoms with E-state index in [2.05, 4.69) is 65.4 Å². The number of alkyl halides is 3. The van der Waals surface area contributed by atoms with Crippen LogP contribution < -0.4 is 13.3 Å². The quantitative estimate of drug-likeness (QED) is 0.268. The third kappa shape index (κ3) is 11.4. The van der Waals surface area contributed by atoms with Gasteiger partial charge in [0.2, 0.25) is 0 Å². The predicted molar refractivity (Wildman–Crippen MR) is 196 cm³/mol. The zero-order chi connectivity index (χ0) is 33.5. The van der Waals surface area contributed by atoms with Crippen LogP contribution in [0.4, 0.5) is 18.0 Å². The number of aromatic nitrogens is 4. The number of fused-ring (bicyclic) bond motifs is 2. The molecule has 0 aliphatic carbocycles. The Balaban J connectivity index is 0.000000232. The second-order valence-corrected chi connectivity index (χ2v) is 27.8. The van der Waals surface area contributed by atoms with Crippen LogP contribution in [0.15, 0.2) is 73.8 Å². The summed E-state index contributed by atoms with van der Waals surface area (Å²) in [5.41, 5.74) is 5.59. The summed E-state index contributed by atoms with van der Waals surface area (Å²) >= 11 is 5.30. The van der Waals surface area contributed by atoms with Crippen LogP contribution in [-0.2, 0) is 35.5 Å². The monoisotopic (exact) mass is 1100 g/mol. The Morgan fingerprint density at radius 1 is 0.787 bits per heavy atom. The molecule has 4 heterocycles. The van der Waals surface area contributed by atoms with Crippen LogP contribution in [0.25, 0.3) is 11.4 Å². The maximum absolute atomic E-state index is 12.5. The zero-order valence-corrected chi connectivity index (χ0v) is 34.6. The van der Waals surface area contributed by atoms with Crippen molar-refractivity contribution in [3.63, 3.8) is 0 Å². The van der Waals surface area contributed by atoms with Gasteiger partial charge in [-0.2, -0.15) is 13.2 Å². The SMILES string of the molecule is CC(C)(C)OC(=O)N1CCc2ccc(-n3ccnc3)cc2C1.I.I[I-]I.O=C(N1CCc2ccc(-n3ccnc3)cc2C1)C(F)(F)F. The van der Waals surface area contributed by atoms with E-state index in [1.165, 1.54) is 11.1 Å². The summed E-state index contributed by atoms with van der Waals surface area (Å²) in [6, 6.07) is 11.9. The van der Waals surface area contributed by atoms with Crippen LogP contribution in [0.1, 0.15) is 43.0 Å². The van der Waals surface area contributed by atoms with E-state index in [9.17, 15) is 22.8 Å². The standard InChI is InChI=1S/C17H21N3O2.C14H12F3N3O.I3.HI/c1-17(2,3)22-16(21)19-8-6-13-4-5-15(10-14(13)11-19)20-9-7-18-12-20;15-14(16,17)13(21)19-5-3-10-1-2-12(7-11(10)8-19)20-6-4-18-9-20;1-3-2;/h4-5,7,9-10,12H,6,8,11H2,1-3H3;1-2,4,6-7,9H,3,5,8H2;;1H/q;;-1;. The number of amides is 2. The second-order valence-electron chi connectivity index (χ2n) is 11.5. The summed E-state index contributed by atoms with van der Waals surface area (Å²) in [6.07, 6.45) is 6.66. The fourth-order valence-corrected chi connectivity index (χ4v) is 5.07. The van der Waals surface area contributed by atoms with E-state index in [-0.39, 0.29) is 43.2 Å². The average molecular weight is 1100 g/mol. The van der Waals surface area contributed by atoms with Crippen molar-refractivity contribution in [2.24, 2.45) is 0 Å². The van der Waals surface area contributed by atoms with Crippen molar-refractivity contribution in [3.8, 4) is 11.4 Å². The van der Waals surface area contributed by atoms with Crippen molar-refractivity contribution in [1.82, 2.24) is 28.9 Å². The first-order valence-corrected chi connectivity index (χ1v) is 26.8. The van der Waals surface area contributed by atoms with E-state index in [1.54, 1.807) is 46.8 Å². The average Bonchev–Trinajstić information content (AvgIpc) is 3.75. The molecule has 0 unspecified atom stereocenters. The van der Waals surface area contributed by atoms with Crippen LogP contribution in [0, 0.1) is 0 Å². The molecule has 0 saturated heterocycles. The Hall–Kier alpha value is -1.69. The molecule has 2 amide bonds. The number of nitrogens with zero attached hydrogens (tertiary/aromatic N) is 6. The minimum Gasteiger partial charge on any atom is -0.330 e. The molecular formula is C31H34F3I4N6O3-. The van der Waals surface area contributed by atoms with Crippen molar-refractivity contribution < 1.29 is 40.8 Å². The minimum atomic E-state index is -4.82. The van der Waals surface area contributed by atoms with Gasteiger partial charge in [0.05, 0.1) is 12.7 Å². The van der Waals surface area contributed by atoms with Crippen LogP contribution in [0.3, 0.4) is 0 Å². The molecule has 47 heavy (non-hydrogen) atoms. The van der Waals surface area contributed by atoms with E-state index >= 15 is 0 Å². The van der Waals surface area contributed by atoms with Gasteiger partial charge in [0, 0.05) is 62.3 Å². The number of benzene rings is 2. The van der Waals surface area contributed by atoms with Crippen LogP contribution >= 0.6 is 61.2 Å². The Bertz CT molecular complexity index is 1610. The maximum atomic E-state index is 12.5. The predicted octanol–water partition coefficient (Wildman–Crippen LogP) is 4.88. The fourth-order valence-electron chi connectivity index (χ4n) is 5.07. The van der Waals surface area contributed by atoms with Crippen LogP contribution in [-0.4, -0.2) is 65.8 Å². The molecule has 0 radical (unpaired) electrons. The van der Waals surface area contributed by atoms with Gasteiger partial charge in [0.15, 0.2) is 0 Å². The van der Waals surface area contributed by atoms with E-state index in [1.807, 2.05) is 43.7 Å². The molecule has 0 bridgehead atoms. The number of ether oxygens (including phenoxy) is 1. The van der Waals surface area contributed by atoms with E-state index < -0.39 is 17.7 Å².